The van der Waals surface area contributed by atoms with E-state index in [1.165, 1.54) is 0 Å². The van der Waals surface area contributed by atoms with Crippen molar-refractivity contribution in [3.8, 4) is 0 Å². The first-order chi connectivity index (χ1) is 22.2. The minimum atomic E-state index is -4.95. The number of nitrogens with one attached hydrogen (secondary N) is 1. The highest BCUT2D eigenvalue weighted by atomic mass is 19.4. The first kappa shape index (κ1) is 35.3. The predicted octanol–water partition coefficient (Wildman–Crippen LogP) is 5.23. The van der Waals surface area contributed by atoms with Crippen LogP contribution in [0.2, 0.25) is 0 Å². The number of ether oxygens (including phenoxy) is 4. The minimum Gasteiger partial charge on any atom is -0.456 e. The molecule has 1 amide bonds. The molecule has 4 saturated heterocycles. The normalized spacial score (nSPS) is 44.7. The number of amides is 1. The molecular formula is C33H50F3NO10. The number of carbonyl (C=O) groups is 1. The number of halogens is 3. The van der Waals surface area contributed by atoms with Gasteiger partial charge >= 0.3 is 6.18 Å². The number of aliphatic hydroxyl groups is 1. The number of hydrogen-bond donors (Lipinski definition) is 3. The van der Waals surface area contributed by atoms with Crippen molar-refractivity contribution in [1.29, 1.82) is 0 Å². The van der Waals surface area contributed by atoms with Crippen LogP contribution in [0, 0.1) is 41.4 Å². The van der Waals surface area contributed by atoms with Crippen LogP contribution in [0.1, 0.15) is 86.0 Å². The van der Waals surface area contributed by atoms with Crippen LogP contribution in [0.25, 0.3) is 0 Å². The maximum absolute atomic E-state index is 14.5. The number of hydrogen-bond acceptors (Lipinski definition) is 10. The Morgan fingerprint density at radius 3 is 2.49 bits per heavy atom. The lowest BCUT2D eigenvalue weighted by Gasteiger charge is -2.57. The summed E-state index contributed by atoms with van der Waals surface area (Å²) in [5.74, 6) is -5.15. The molecule has 0 aromatic carbocycles. The highest BCUT2D eigenvalue weighted by molar-refractivity contribution is 5.95. The Hall–Kier alpha value is -1.52. The Bertz CT molecular complexity index is 1200. The van der Waals surface area contributed by atoms with Crippen LogP contribution in [-0.2, 0) is 38.4 Å². The third-order valence-electron chi connectivity index (χ3n) is 12.3. The second-order valence-corrected chi connectivity index (χ2v) is 15.1. The van der Waals surface area contributed by atoms with Crippen molar-refractivity contribution in [2.24, 2.45) is 41.4 Å². The highest BCUT2D eigenvalue weighted by Crippen LogP contribution is 2.61. The van der Waals surface area contributed by atoms with E-state index >= 15 is 0 Å². The number of fused-ring (bicyclic) bond motifs is 3. The number of carbonyl (C=O) groups excluding carboxylic acids is 1. The average Bonchev–Trinajstić information content (AvgIpc) is 3.36. The number of rotatable bonds is 8. The van der Waals surface area contributed by atoms with Gasteiger partial charge in [0, 0.05) is 36.6 Å². The van der Waals surface area contributed by atoms with E-state index in [0.717, 1.165) is 19.3 Å². The molecule has 3 N–H and O–H groups in total. The summed E-state index contributed by atoms with van der Waals surface area (Å²) in [6.45, 7) is 9.45. The van der Waals surface area contributed by atoms with Crippen LogP contribution in [0.4, 0.5) is 13.2 Å². The van der Waals surface area contributed by atoms with Crippen molar-refractivity contribution < 1.29 is 61.9 Å². The van der Waals surface area contributed by atoms with Gasteiger partial charge in [-0.1, -0.05) is 20.8 Å². The maximum Gasteiger partial charge on any atom is 0.449 e. The van der Waals surface area contributed by atoms with E-state index in [-0.39, 0.29) is 56.0 Å². The zero-order chi connectivity index (χ0) is 33.9. The summed E-state index contributed by atoms with van der Waals surface area (Å²) in [7, 11) is 0. The molecule has 2 saturated carbocycles. The molecule has 5 heterocycles. The van der Waals surface area contributed by atoms with Gasteiger partial charge in [0.1, 0.15) is 5.60 Å². The number of allylic oxidation sites excluding steroid dienone is 1. The van der Waals surface area contributed by atoms with E-state index in [4.69, 9.17) is 33.6 Å². The number of alkyl halides is 3. The minimum absolute atomic E-state index is 0.0176. The van der Waals surface area contributed by atoms with Crippen LogP contribution >= 0.6 is 0 Å². The van der Waals surface area contributed by atoms with E-state index in [2.05, 4.69) is 12.2 Å². The van der Waals surface area contributed by atoms with Crippen LogP contribution in [-0.4, -0.2) is 77.9 Å². The van der Waals surface area contributed by atoms with Crippen LogP contribution in [0.3, 0.4) is 0 Å². The largest absolute Gasteiger partial charge is 0.456 e. The second-order valence-electron chi connectivity index (χ2n) is 15.1. The van der Waals surface area contributed by atoms with E-state index in [1.54, 1.807) is 6.92 Å². The summed E-state index contributed by atoms with van der Waals surface area (Å²) >= 11 is 0. The molecule has 268 valence electrons. The molecular weight excluding hydrogens is 627 g/mol. The third kappa shape index (κ3) is 6.02. The fraction of sp³-hybridized carbons (Fsp3) is 0.909. The van der Waals surface area contributed by atoms with Gasteiger partial charge in [0.15, 0.2) is 11.9 Å². The summed E-state index contributed by atoms with van der Waals surface area (Å²) in [5, 5.41) is 23.9. The van der Waals surface area contributed by atoms with Gasteiger partial charge in [-0.05, 0) is 76.5 Å². The lowest BCUT2D eigenvalue weighted by molar-refractivity contribution is -0.557. The first-order valence-corrected chi connectivity index (χ1v) is 17.2. The molecule has 13 unspecified atom stereocenters. The zero-order valence-electron chi connectivity index (χ0n) is 27.8. The van der Waals surface area contributed by atoms with E-state index in [1.807, 2.05) is 20.8 Å². The average molecular weight is 678 g/mol. The van der Waals surface area contributed by atoms with E-state index in [9.17, 15) is 28.3 Å². The van der Waals surface area contributed by atoms with Gasteiger partial charge in [-0.2, -0.15) is 13.2 Å². The Kier molecular flexibility index (Phi) is 9.75. The van der Waals surface area contributed by atoms with Crippen molar-refractivity contribution in [2.45, 2.75) is 128 Å². The smallest absolute Gasteiger partial charge is 0.449 e. The van der Waals surface area contributed by atoms with Crippen molar-refractivity contribution in [2.75, 3.05) is 19.8 Å². The Labute approximate surface area is 273 Å². The molecule has 7 aliphatic rings. The Balaban J connectivity index is 1.14. The fourth-order valence-electron chi connectivity index (χ4n) is 9.70. The molecule has 2 bridgehead atoms. The molecule has 7 rings (SSSR count). The summed E-state index contributed by atoms with van der Waals surface area (Å²) in [4.78, 5) is 30.5. The molecule has 13 atom stereocenters. The van der Waals surface area contributed by atoms with E-state index < -0.39 is 64.8 Å². The molecule has 0 aromatic rings. The standard InChI is InChI=1S/C33H50F3NO10/c1-17-6-9-23(31(45-40)16-42-19(3)8-11-21(17)31)20(4)28(39)41-15-14-37-27(38)25-24-10-7-18(2)22-12-13-30(5)44-29(32(22,24)47-46-30)43-26(25)33(34,35)36/h17-24,28-29,39-40H,6-16H2,1-5H3,(H,37,38). The predicted molar refractivity (Wildman–Crippen MR) is 158 cm³/mol. The van der Waals surface area contributed by atoms with Crippen molar-refractivity contribution in [1.82, 2.24) is 5.32 Å². The number of aliphatic hydroxyl groups excluding tert-OH is 1. The van der Waals surface area contributed by atoms with Gasteiger partial charge in [-0.25, -0.2) is 14.7 Å². The Morgan fingerprint density at radius 1 is 1.04 bits per heavy atom. The summed E-state index contributed by atoms with van der Waals surface area (Å²) in [5.41, 5.74) is -2.95. The Morgan fingerprint density at radius 2 is 1.77 bits per heavy atom. The molecule has 0 radical (unpaired) electrons. The van der Waals surface area contributed by atoms with Crippen LogP contribution < -0.4 is 5.32 Å². The molecule has 47 heavy (non-hydrogen) atoms. The summed E-state index contributed by atoms with van der Waals surface area (Å²) in [6, 6.07) is 0. The summed E-state index contributed by atoms with van der Waals surface area (Å²) in [6.07, 6.45) is -2.52. The molecule has 1 spiro atoms. The monoisotopic (exact) mass is 677 g/mol. The maximum atomic E-state index is 14.5. The van der Waals surface area contributed by atoms with Gasteiger partial charge in [0.25, 0.3) is 5.91 Å². The topological polar surface area (TPSA) is 134 Å². The molecule has 14 heteroatoms. The zero-order valence-corrected chi connectivity index (χ0v) is 27.8. The van der Waals surface area contributed by atoms with Gasteiger partial charge in [-0.3, -0.25) is 10.1 Å². The first-order valence-electron chi connectivity index (χ1n) is 17.2. The highest BCUT2D eigenvalue weighted by Gasteiger charge is 2.71. The lowest BCUT2D eigenvalue weighted by atomic mass is 9.59. The van der Waals surface area contributed by atoms with Crippen LogP contribution in [0.5, 0.6) is 0 Å². The van der Waals surface area contributed by atoms with Crippen molar-refractivity contribution in [3.63, 3.8) is 0 Å². The van der Waals surface area contributed by atoms with Crippen molar-refractivity contribution in [3.05, 3.63) is 11.3 Å². The van der Waals surface area contributed by atoms with Gasteiger partial charge in [0.2, 0.25) is 17.8 Å². The fourth-order valence-corrected chi connectivity index (χ4v) is 9.70. The van der Waals surface area contributed by atoms with Gasteiger partial charge in [0.05, 0.1) is 24.9 Å². The van der Waals surface area contributed by atoms with Gasteiger partial charge < -0.3 is 29.4 Å². The molecule has 11 nitrogen and oxygen atoms in total. The third-order valence-corrected chi connectivity index (χ3v) is 12.3. The van der Waals surface area contributed by atoms with Gasteiger partial charge in [-0.15, -0.1) is 0 Å². The quantitative estimate of drug-likeness (QED) is 0.136. The molecule has 6 fully saturated rings. The summed E-state index contributed by atoms with van der Waals surface area (Å²) < 4.78 is 66.7. The van der Waals surface area contributed by atoms with E-state index in [0.29, 0.717) is 31.6 Å². The second kappa shape index (κ2) is 13.0. The SMILES string of the molecule is CC1CCC2C(C)CCC(C(C)C(O)OCCNC(=O)C3=C(C(F)(F)F)OC4OC5(C)CCC6C(C)CCC3C46OO5)C2(OO)CO1. The van der Waals surface area contributed by atoms with Crippen LogP contribution in [0.15, 0.2) is 11.3 Å². The molecule has 2 aliphatic carbocycles. The lowest BCUT2D eigenvalue weighted by Crippen LogP contribution is -2.68. The molecule has 5 aliphatic heterocycles. The molecule has 0 aromatic heterocycles. The van der Waals surface area contributed by atoms with Crippen molar-refractivity contribution >= 4 is 5.91 Å².